The van der Waals surface area contributed by atoms with Crippen molar-refractivity contribution in [2.45, 2.75) is 19.8 Å². The molecule has 0 bridgehead atoms. The number of benzene rings is 1. The number of rotatable bonds is 2. The Morgan fingerprint density at radius 3 is 2.65 bits per heavy atom. The summed E-state index contributed by atoms with van der Waals surface area (Å²) in [6, 6.07) is 10.3. The van der Waals surface area contributed by atoms with Crippen molar-refractivity contribution in [1.82, 2.24) is 14.6 Å². The molecule has 0 spiro atoms. The van der Waals surface area contributed by atoms with Gasteiger partial charge in [0, 0.05) is 5.56 Å². The molecule has 0 aliphatic heterocycles. The summed E-state index contributed by atoms with van der Waals surface area (Å²) in [7, 11) is 0. The lowest BCUT2D eigenvalue weighted by molar-refractivity contribution is 0.770. The Kier molecular flexibility index (Phi) is 2.44. The Balaban J connectivity index is 2.29. The second-order valence-electron chi connectivity index (χ2n) is 4.30. The van der Waals surface area contributed by atoms with Crippen molar-refractivity contribution in [3.63, 3.8) is 0 Å². The fourth-order valence-corrected chi connectivity index (χ4v) is 2.66. The number of hydrogen-bond donors (Lipinski definition) is 0. The number of hydrogen-bond acceptors (Lipinski definition) is 3. The van der Waals surface area contributed by atoms with E-state index in [1.54, 1.807) is 11.3 Å². The van der Waals surface area contributed by atoms with Crippen LogP contribution >= 0.6 is 11.3 Å². The van der Waals surface area contributed by atoms with Crippen LogP contribution in [0.3, 0.4) is 0 Å². The molecule has 3 rings (SSSR count). The molecule has 2 aromatic heterocycles. The monoisotopic (exact) mass is 243 g/mol. The van der Waals surface area contributed by atoms with Gasteiger partial charge in [-0.25, -0.2) is 9.50 Å². The van der Waals surface area contributed by atoms with Crippen LogP contribution in [0.1, 0.15) is 25.5 Å². The van der Waals surface area contributed by atoms with Gasteiger partial charge in [-0.3, -0.25) is 0 Å². The van der Waals surface area contributed by atoms with Crippen molar-refractivity contribution >= 4 is 16.3 Å². The highest BCUT2D eigenvalue weighted by Gasteiger charge is 2.17. The van der Waals surface area contributed by atoms with Gasteiger partial charge >= 0.3 is 0 Å². The molecular weight excluding hydrogens is 230 g/mol. The van der Waals surface area contributed by atoms with Crippen LogP contribution in [-0.2, 0) is 0 Å². The molecule has 0 unspecified atom stereocenters. The van der Waals surface area contributed by atoms with E-state index in [2.05, 4.69) is 36.1 Å². The van der Waals surface area contributed by atoms with E-state index >= 15 is 0 Å². The molecule has 1 aromatic carbocycles. The number of fused-ring (bicyclic) bond motifs is 1. The van der Waals surface area contributed by atoms with Crippen LogP contribution in [0.2, 0.25) is 0 Å². The lowest BCUT2D eigenvalue weighted by Gasteiger charge is -2.06. The van der Waals surface area contributed by atoms with Crippen LogP contribution in [0.25, 0.3) is 16.2 Å². The smallest absolute Gasteiger partial charge is 0.212 e. The van der Waals surface area contributed by atoms with E-state index in [1.165, 1.54) is 5.69 Å². The van der Waals surface area contributed by atoms with Crippen LogP contribution in [-0.4, -0.2) is 14.6 Å². The average Bonchev–Trinajstić information content (AvgIpc) is 2.88. The summed E-state index contributed by atoms with van der Waals surface area (Å²) in [5.74, 6) is 0.405. The summed E-state index contributed by atoms with van der Waals surface area (Å²) < 4.78 is 1.96. The SMILES string of the molecule is CC(C)c1c(-c2ccccc2)nc2scnn12. The van der Waals surface area contributed by atoms with Gasteiger partial charge in [-0.15, -0.1) is 0 Å². The van der Waals surface area contributed by atoms with E-state index in [9.17, 15) is 0 Å². The van der Waals surface area contributed by atoms with Crippen molar-refractivity contribution in [3.05, 3.63) is 41.5 Å². The minimum absolute atomic E-state index is 0.405. The fraction of sp³-hybridized carbons (Fsp3) is 0.231. The predicted molar refractivity (Wildman–Crippen MR) is 70.4 cm³/mol. The first kappa shape index (κ1) is 10.5. The molecule has 0 N–H and O–H groups in total. The Morgan fingerprint density at radius 1 is 1.18 bits per heavy atom. The third-order valence-electron chi connectivity index (χ3n) is 2.77. The maximum Gasteiger partial charge on any atom is 0.212 e. The number of imidazole rings is 1. The fourth-order valence-electron chi connectivity index (χ4n) is 2.04. The number of aromatic nitrogens is 3. The minimum atomic E-state index is 0.405. The topological polar surface area (TPSA) is 30.2 Å². The third-order valence-corrected chi connectivity index (χ3v) is 3.45. The van der Waals surface area contributed by atoms with Crippen LogP contribution in [0, 0.1) is 0 Å². The Morgan fingerprint density at radius 2 is 1.94 bits per heavy atom. The zero-order valence-electron chi connectivity index (χ0n) is 9.79. The molecular formula is C13H13N3S. The molecule has 86 valence electrons. The molecule has 2 heterocycles. The molecule has 0 aliphatic carbocycles. The molecule has 0 radical (unpaired) electrons. The minimum Gasteiger partial charge on any atom is -0.217 e. The average molecular weight is 243 g/mol. The van der Waals surface area contributed by atoms with E-state index < -0.39 is 0 Å². The molecule has 0 fully saturated rings. The van der Waals surface area contributed by atoms with Gasteiger partial charge in [-0.2, -0.15) is 5.10 Å². The Bertz CT molecular complexity index is 637. The van der Waals surface area contributed by atoms with Gasteiger partial charge < -0.3 is 0 Å². The van der Waals surface area contributed by atoms with E-state index in [1.807, 2.05) is 28.2 Å². The zero-order valence-corrected chi connectivity index (χ0v) is 10.6. The van der Waals surface area contributed by atoms with Crippen LogP contribution in [0.5, 0.6) is 0 Å². The summed E-state index contributed by atoms with van der Waals surface area (Å²) in [6.45, 7) is 4.35. The van der Waals surface area contributed by atoms with Crippen LogP contribution in [0.4, 0.5) is 0 Å². The molecule has 0 amide bonds. The second-order valence-corrected chi connectivity index (χ2v) is 5.11. The molecule has 3 aromatic rings. The highest BCUT2D eigenvalue weighted by molar-refractivity contribution is 7.14. The second kappa shape index (κ2) is 3.96. The maximum absolute atomic E-state index is 4.68. The molecule has 0 atom stereocenters. The highest BCUT2D eigenvalue weighted by atomic mass is 32.1. The van der Waals surface area contributed by atoms with Crippen molar-refractivity contribution in [2.75, 3.05) is 0 Å². The van der Waals surface area contributed by atoms with Crippen molar-refractivity contribution in [1.29, 1.82) is 0 Å². The first-order chi connectivity index (χ1) is 8.27. The van der Waals surface area contributed by atoms with E-state index in [0.717, 1.165) is 16.2 Å². The molecule has 0 saturated heterocycles. The van der Waals surface area contributed by atoms with Gasteiger partial charge in [0.05, 0.1) is 11.4 Å². The Hall–Kier alpha value is -1.68. The third kappa shape index (κ3) is 1.65. The highest BCUT2D eigenvalue weighted by Crippen LogP contribution is 2.30. The quantitative estimate of drug-likeness (QED) is 0.688. The predicted octanol–water partition coefficient (Wildman–Crippen LogP) is 3.58. The first-order valence-electron chi connectivity index (χ1n) is 5.65. The lowest BCUT2D eigenvalue weighted by Crippen LogP contribution is -1.97. The first-order valence-corrected chi connectivity index (χ1v) is 6.53. The van der Waals surface area contributed by atoms with Gasteiger partial charge in [0.2, 0.25) is 4.96 Å². The van der Waals surface area contributed by atoms with E-state index in [4.69, 9.17) is 0 Å². The van der Waals surface area contributed by atoms with Gasteiger partial charge in [0.1, 0.15) is 5.51 Å². The van der Waals surface area contributed by atoms with Crippen molar-refractivity contribution in [2.24, 2.45) is 0 Å². The van der Waals surface area contributed by atoms with Crippen LogP contribution in [0.15, 0.2) is 35.8 Å². The summed E-state index contributed by atoms with van der Waals surface area (Å²) in [5, 5.41) is 4.36. The van der Waals surface area contributed by atoms with E-state index in [0.29, 0.717) is 5.92 Å². The van der Waals surface area contributed by atoms with Gasteiger partial charge in [-0.1, -0.05) is 55.5 Å². The molecule has 3 nitrogen and oxygen atoms in total. The lowest BCUT2D eigenvalue weighted by atomic mass is 10.0. The zero-order chi connectivity index (χ0) is 11.8. The van der Waals surface area contributed by atoms with Gasteiger partial charge in [0.25, 0.3) is 0 Å². The maximum atomic E-state index is 4.68. The van der Waals surface area contributed by atoms with Crippen molar-refractivity contribution < 1.29 is 0 Å². The van der Waals surface area contributed by atoms with Crippen LogP contribution < -0.4 is 0 Å². The standard InChI is InChI=1S/C13H13N3S/c1-9(2)12-11(10-6-4-3-5-7-10)15-13-16(12)14-8-17-13/h3-9H,1-2H3. The molecule has 4 heteroatoms. The summed E-state index contributed by atoms with van der Waals surface area (Å²) in [6.07, 6.45) is 0. The van der Waals surface area contributed by atoms with Gasteiger partial charge in [0.15, 0.2) is 0 Å². The molecule has 0 saturated carbocycles. The summed E-state index contributed by atoms with van der Waals surface area (Å²) >= 11 is 1.58. The van der Waals surface area contributed by atoms with Gasteiger partial charge in [-0.05, 0) is 5.92 Å². The summed E-state index contributed by atoms with van der Waals surface area (Å²) in [5.41, 5.74) is 5.24. The molecule has 0 aliphatic rings. The number of nitrogens with zero attached hydrogens (tertiary/aromatic N) is 3. The molecule has 17 heavy (non-hydrogen) atoms. The summed E-state index contributed by atoms with van der Waals surface area (Å²) in [4.78, 5) is 5.65. The van der Waals surface area contributed by atoms with E-state index in [-0.39, 0.29) is 0 Å². The Labute approximate surface area is 104 Å². The van der Waals surface area contributed by atoms with Crippen molar-refractivity contribution in [3.8, 4) is 11.3 Å². The largest absolute Gasteiger partial charge is 0.217 e. The normalized spacial score (nSPS) is 11.5.